The van der Waals surface area contributed by atoms with Gasteiger partial charge in [0.25, 0.3) is 0 Å². The molecule has 0 bridgehead atoms. The van der Waals surface area contributed by atoms with Crippen molar-refractivity contribution in [2.45, 2.75) is 46.1 Å². The summed E-state index contributed by atoms with van der Waals surface area (Å²) in [6.07, 6.45) is 4.58. The Morgan fingerprint density at radius 3 is 2.74 bits per heavy atom. The number of hydrogen-bond donors (Lipinski definition) is 1. The first-order chi connectivity index (χ1) is 9.36. The molecule has 1 heterocycles. The summed E-state index contributed by atoms with van der Waals surface area (Å²) in [5.41, 5.74) is 2.41. The van der Waals surface area contributed by atoms with E-state index in [0.29, 0.717) is 0 Å². The number of hydrogen-bond acceptors (Lipinski definition) is 2. The summed E-state index contributed by atoms with van der Waals surface area (Å²) in [6, 6.07) is 8.46. The van der Waals surface area contributed by atoms with Crippen molar-refractivity contribution >= 4 is 11.0 Å². The van der Waals surface area contributed by atoms with Gasteiger partial charge in [0, 0.05) is 13.0 Å². The maximum Gasteiger partial charge on any atom is 0.109 e. The van der Waals surface area contributed by atoms with Crippen LogP contribution in [0, 0.1) is 0 Å². The molecular weight excluding hydrogens is 234 g/mol. The van der Waals surface area contributed by atoms with Crippen LogP contribution in [0.3, 0.4) is 0 Å². The van der Waals surface area contributed by atoms with Crippen LogP contribution in [0.25, 0.3) is 11.0 Å². The van der Waals surface area contributed by atoms with Crippen LogP contribution in [-0.2, 0) is 13.0 Å². The predicted octanol–water partition coefficient (Wildman–Crippen LogP) is 3.38. The summed E-state index contributed by atoms with van der Waals surface area (Å²) in [4.78, 5) is 4.76. The number of aromatic nitrogens is 2. The normalized spacial score (nSPS) is 11.3. The van der Waals surface area contributed by atoms with E-state index in [-0.39, 0.29) is 0 Å². The molecule has 1 aromatic heterocycles. The number of nitrogens with zero attached hydrogens (tertiary/aromatic N) is 2. The quantitative estimate of drug-likeness (QED) is 0.737. The molecule has 2 rings (SSSR count). The van der Waals surface area contributed by atoms with Gasteiger partial charge in [-0.05, 0) is 44.5 Å². The Morgan fingerprint density at radius 2 is 1.95 bits per heavy atom. The van der Waals surface area contributed by atoms with Crippen LogP contribution < -0.4 is 5.32 Å². The highest BCUT2D eigenvalue weighted by Gasteiger charge is 2.08. The number of para-hydroxylation sites is 2. The maximum atomic E-state index is 4.76. The summed E-state index contributed by atoms with van der Waals surface area (Å²) in [5.74, 6) is 1.24. The second-order valence-corrected chi connectivity index (χ2v) is 5.02. The number of aryl methyl sites for hydroxylation is 2. The summed E-state index contributed by atoms with van der Waals surface area (Å²) in [7, 11) is 0. The molecule has 0 saturated carbocycles. The van der Waals surface area contributed by atoms with Crippen molar-refractivity contribution in [1.82, 2.24) is 14.9 Å². The molecule has 0 atom stereocenters. The fraction of sp³-hybridized carbons (Fsp3) is 0.562. The summed E-state index contributed by atoms with van der Waals surface area (Å²) >= 11 is 0. The van der Waals surface area contributed by atoms with Crippen molar-refractivity contribution in [2.24, 2.45) is 0 Å². The lowest BCUT2D eigenvalue weighted by Crippen LogP contribution is -2.18. The molecule has 1 N–H and O–H groups in total. The van der Waals surface area contributed by atoms with Gasteiger partial charge in [-0.3, -0.25) is 0 Å². The van der Waals surface area contributed by atoms with E-state index in [2.05, 4.69) is 48.0 Å². The van der Waals surface area contributed by atoms with Crippen molar-refractivity contribution in [3.8, 4) is 0 Å². The molecule has 1 aromatic carbocycles. The predicted molar refractivity (Wildman–Crippen MR) is 81.5 cm³/mol. The Kier molecular flexibility index (Phi) is 5.40. The number of benzene rings is 1. The minimum Gasteiger partial charge on any atom is -0.328 e. The third-order valence-electron chi connectivity index (χ3n) is 3.37. The molecule has 0 unspecified atom stereocenters. The molecule has 0 radical (unpaired) electrons. The number of nitrogens with one attached hydrogen (secondary N) is 1. The van der Waals surface area contributed by atoms with E-state index >= 15 is 0 Å². The van der Waals surface area contributed by atoms with E-state index in [0.717, 1.165) is 44.4 Å². The molecule has 2 aromatic rings. The van der Waals surface area contributed by atoms with Gasteiger partial charge in [0.15, 0.2) is 0 Å². The van der Waals surface area contributed by atoms with Crippen molar-refractivity contribution in [3.63, 3.8) is 0 Å². The van der Waals surface area contributed by atoms with Gasteiger partial charge >= 0.3 is 0 Å². The average Bonchev–Trinajstić information content (AvgIpc) is 2.77. The minimum atomic E-state index is 1.06. The van der Waals surface area contributed by atoms with Crippen molar-refractivity contribution in [3.05, 3.63) is 30.1 Å². The molecule has 3 nitrogen and oxygen atoms in total. The molecule has 0 aliphatic rings. The Morgan fingerprint density at radius 1 is 1.11 bits per heavy atom. The largest absolute Gasteiger partial charge is 0.328 e. The van der Waals surface area contributed by atoms with E-state index in [1.54, 1.807) is 0 Å². The highest BCUT2D eigenvalue weighted by Crippen LogP contribution is 2.17. The van der Waals surface area contributed by atoms with E-state index in [1.807, 2.05) is 0 Å². The Labute approximate surface area is 116 Å². The van der Waals surface area contributed by atoms with Crippen molar-refractivity contribution < 1.29 is 0 Å². The zero-order chi connectivity index (χ0) is 13.5. The lowest BCUT2D eigenvalue weighted by atomic mass is 10.3. The zero-order valence-electron chi connectivity index (χ0n) is 12.2. The van der Waals surface area contributed by atoms with Crippen LogP contribution in [-0.4, -0.2) is 22.6 Å². The van der Waals surface area contributed by atoms with Crippen LogP contribution in [0.5, 0.6) is 0 Å². The molecule has 0 spiro atoms. The number of rotatable bonds is 8. The minimum absolute atomic E-state index is 1.06. The zero-order valence-corrected chi connectivity index (χ0v) is 12.2. The van der Waals surface area contributed by atoms with Gasteiger partial charge in [0.2, 0.25) is 0 Å². The van der Waals surface area contributed by atoms with Crippen molar-refractivity contribution in [1.29, 1.82) is 0 Å². The first-order valence-electron chi connectivity index (χ1n) is 7.51. The summed E-state index contributed by atoms with van der Waals surface area (Å²) in [5, 5.41) is 3.46. The summed E-state index contributed by atoms with van der Waals surface area (Å²) in [6.45, 7) is 7.69. The topological polar surface area (TPSA) is 29.9 Å². The van der Waals surface area contributed by atoms with Crippen LogP contribution in [0.4, 0.5) is 0 Å². The lowest BCUT2D eigenvalue weighted by Gasteiger charge is -2.09. The summed E-state index contributed by atoms with van der Waals surface area (Å²) < 4.78 is 2.40. The molecule has 19 heavy (non-hydrogen) atoms. The first-order valence-corrected chi connectivity index (χ1v) is 7.51. The molecule has 0 aliphatic carbocycles. The van der Waals surface area contributed by atoms with Gasteiger partial charge < -0.3 is 9.88 Å². The highest BCUT2D eigenvalue weighted by atomic mass is 15.1. The third kappa shape index (κ3) is 3.57. The average molecular weight is 259 g/mol. The number of fused-ring (bicyclic) bond motifs is 1. The second-order valence-electron chi connectivity index (χ2n) is 5.02. The van der Waals surface area contributed by atoms with Crippen molar-refractivity contribution in [2.75, 3.05) is 13.1 Å². The second kappa shape index (κ2) is 7.29. The smallest absolute Gasteiger partial charge is 0.109 e. The Balaban J connectivity index is 2.08. The number of imidazole rings is 1. The van der Waals surface area contributed by atoms with E-state index in [9.17, 15) is 0 Å². The lowest BCUT2D eigenvalue weighted by molar-refractivity contribution is 0.570. The SMILES string of the molecule is CCCNCCCn1c(CCC)nc2ccccc21. The molecular formula is C16H25N3. The third-order valence-corrected chi connectivity index (χ3v) is 3.37. The van der Waals surface area contributed by atoms with Gasteiger partial charge in [0.05, 0.1) is 11.0 Å². The monoisotopic (exact) mass is 259 g/mol. The fourth-order valence-corrected chi connectivity index (χ4v) is 2.45. The highest BCUT2D eigenvalue weighted by molar-refractivity contribution is 5.75. The van der Waals surface area contributed by atoms with E-state index in [4.69, 9.17) is 4.98 Å². The first kappa shape index (κ1) is 14.1. The van der Waals surface area contributed by atoms with Crippen LogP contribution >= 0.6 is 0 Å². The molecule has 104 valence electrons. The Bertz CT molecular complexity index is 502. The Hall–Kier alpha value is -1.35. The standard InChI is InChI=1S/C16H25N3/c1-3-8-16-18-14-9-5-6-10-15(14)19(16)13-7-12-17-11-4-2/h5-6,9-10,17H,3-4,7-8,11-13H2,1-2H3. The van der Waals surface area contributed by atoms with Gasteiger partial charge in [-0.1, -0.05) is 26.0 Å². The molecule has 0 aliphatic heterocycles. The molecule has 0 saturated heterocycles. The molecule has 0 fully saturated rings. The molecule has 0 amide bonds. The van der Waals surface area contributed by atoms with Gasteiger partial charge in [-0.25, -0.2) is 4.98 Å². The van der Waals surface area contributed by atoms with E-state index in [1.165, 1.54) is 17.8 Å². The van der Waals surface area contributed by atoms with Crippen LogP contribution in [0.1, 0.15) is 38.9 Å². The maximum absolute atomic E-state index is 4.76. The van der Waals surface area contributed by atoms with Crippen LogP contribution in [0.2, 0.25) is 0 Å². The van der Waals surface area contributed by atoms with E-state index < -0.39 is 0 Å². The molecule has 3 heteroatoms. The van der Waals surface area contributed by atoms with Gasteiger partial charge in [-0.15, -0.1) is 0 Å². The van der Waals surface area contributed by atoms with Gasteiger partial charge in [-0.2, -0.15) is 0 Å². The van der Waals surface area contributed by atoms with Gasteiger partial charge in [0.1, 0.15) is 5.82 Å². The fourth-order valence-electron chi connectivity index (χ4n) is 2.45. The van der Waals surface area contributed by atoms with Crippen LogP contribution in [0.15, 0.2) is 24.3 Å².